The van der Waals surface area contributed by atoms with Crippen molar-refractivity contribution in [2.45, 2.75) is 59.1 Å². The van der Waals surface area contributed by atoms with Crippen LogP contribution in [0.1, 0.15) is 41.5 Å². The largest absolute Gasteiger partial charge is 0.469 e. The second kappa shape index (κ2) is 4.28. The number of carbonyl (C=O) groups is 1. The fourth-order valence-corrected chi connectivity index (χ4v) is 1.82. The number of esters is 1. The van der Waals surface area contributed by atoms with Gasteiger partial charge in [-0.05, 0) is 47.9 Å². The molecule has 5 heteroatoms. The normalized spacial score (nSPS) is 22.6. The van der Waals surface area contributed by atoms with Gasteiger partial charge in [0.15, 0.2) is 0 Å². The molecule has 4 nitrogen and oxygen atoms in total. The highest BCUT2D eigenvalue weighted by Gasteiger charge is 2.53. The maximum absolute atomic E-state index is 11.6. The highest BCUT2D eigenvalue weighted by atomic mass is 16.7. The number of rotatable bonds is 3. The van der Waals surface area contributed by atoms with Crippen molar-refractivity contribution < 1.29 is 18.8 Å². The molecule has 0 aromatic carbocycles. The first kappa shape index (κ1) is 14.5. The van der Waals surface area contributed by atoms with E-state index in [-0.39, 0.29) is 24.3 Å². The Morgan fingerprint density at radius 2 is 1.59 bits per heavy atom. The summed E-state index contributed by atoms with van der Waals surface area (Å²) in [6, 6.07) is 0. The number of carbonyl (C=O) groups excluding carboxylic acids is 1. The second-order valence-electron chi connectivity index (χ2n) is 6.27. The smallest absolute Gasteiger partial charge is 0.458 e. The molecule has 1 aliphatic rings. The van der Waals surface area contributed by atoms with Gasteiger partial charge in [0.25, 0.3) is 0 Å². The van der Waals surface area contributed by atoms with E-state index in [0.717, 1.165) is 0 Å². The molecule has 0 aromatic heterocycles. The third-order valence-corrected chi connectivity index (χ3v) is 3.72. The second-order valence-corrected chi connectivity index (χ2v) is 6.27. The van der Waals surface area contributed by atoms with Crippen molar-refractivity contribution in [3.05, 3.63) is 0 Å². The van der Waals surface area contributed by atoms with Gasteiger partial charge in [-0.3, -0.25) is 4.79 Å². The molecular weight excluding hydrogens is 219 g/mol. The lowest BCUT2D eigenvalue weighted by molar-refractivity contribution is -0.149. The van der Waals surface area contributed by atoms with Crippen LogP contribution in [0.4, 0.5) is 0 Å². The Bertz CT molecular complexity index is 294. The van der Waals surface area contributed by atoms with Gasteiger partial charge in [-0.25, -0.2) is 0 Å². The minimum Gasteiger partial charge on any atom is -0.469 e. The van der Waals surface area contributed by atoms with Crippen LogP contribution in [0.5, 0.6) is 0 Å². The molecule has 0 saturated carbocycles. The summed E-state index contributed by atoms with van der Waals surface area (Å²) in [6.07, 6.45) is 0.493. The van der Waals surface area contributed by atoms with Crippen molar-refractivity contribution >= 4 is 13.1 Å². The van der Waals surface area contributed by atoms with Crippen LogP contribution in [0.15, 0.2) is 0 Å². The summed E-state index contributed by atoms with van der Waals surface area (Å²) in [5.74, 6) is -0.243. The van der Waals surface area contributed by atoms with Crippen molar-refractivity contribution in [1.29, 1.82) is 0 Å². The van der Waals surface area contributed by atoms with Crippen LogP contribution < -0.4 is 0 Å². The number of hydrogen-bond donors (Lipinski definition) is 0. The maximum Gasteiger partial charge on any atom is 0.458 e. The van der Waals surface area contributed by atoms with Crippen LogP contribution >= 0.6 is 0 Å². The lowest BCUT2D eigenvalue weighted by Gasteiger charge is -2.32. The minimum atomic E-state index is -0.601. The molecular formula is C12H23BO4. The zero-order valence-electron chi connectivity index (χ0n) is 11.9. The quantitative estimate of drug-likeness (QED) is 0.562. The van der Waals surface area contributed by atoms with Crippen molar-refractivity contribution in [3.63, 3.8) is 0 Å². The van der Waals surface area contributed by atoms with E-state index in [0.29, 0.717) is 6.32 Å². The molecule has 1 saturated heterocycles. The predicted molar refractivity (Wildman–Crippen MR) is 66.7 cm³/mol. The van der Waals surface area contributed by atoms with Crippen LogP contribution in [0.2, 0.25) is 6.32 Å². The van der Waals surface area contributed by atoms with Gasteiger partial charge in [-0.1, -0.05) is 0 Å². The van der Waals surface area contributed by atoms with Crippen molar-refractivity contribution in [2.24, 2.45) is 5.41 Å². The van der Waals surface area contributed by atoms with Crippen LogP contribution in [0.3, 0.4) is 0 Å². The Hall–Kier alpha value is -0.545. The van der Waals surface area contributed by atoms with Crippen LogP contribution in [-0.2, 0) is 18.8 Å². The summed E-state index contributed by atoms with van der Waals surface area (Å²) in [7, 11) is 1.03. The SMILES string of the molecule is COC(=O)C(C)(C)CB1OC(C)(C)C(C)(C)O1. The molecule has 17 heavy (non-hydrogen) atoms. The maximum atomic E-state index is 11.6. The molecule has 0 bridgehead atoms. The molecule has 0 amide bonds. The molecule has 1 fully saturated rings. The molecule has 0 spiro atoms. The topological polar surface area (TPSA) is 44.8 Å². The highest BCUT2D eigenvalue weighted by molar-refractivity contribution is 6.46. The number of methoxy groups -OCH3 is 1. The van der Waals surface area contributed by atoms with Gasteiger partial charge in [-0.2, -0.15) is 0 Å². The Morgan fingerprint density at radius 3 is 1.94 bits per heavy atom. The number of ether oxygens (including phenoxy) is 1. The lowest BCUT2D eigenvalue weighted by Crippen LogP contribution is -2.41. The molecule has 0 aliphatic carbocycles. The van der Waals surface area contributed by atoms with Crippen LogP contribution in [0.25, 0.3) is 0 Å². The summed E-state index contributed by atoms with van der Waals surface area (Å²) >= 11 is 0. The van der Waals surface area contributed by atoms with E-state index >= 15 is 0 Å². The average Bonchev–Trinajstić information content (AvgIpc) is 2.32. The summed E-state index contributed by atoms with van der Waals surface area (Å²) in [5, 5.41) is 0. The molecule has 98 valence electrons. The zero-order valence-corrected chi connectivity index (χ0v) is 11.9. The monoisotopic (exact) mass is 242 g/mol. The molecule has 0 radical (unpaired) electrons. The number of hydrogen-bond acceptors (Lipinski definition) is 4. The summed E-state index contributed by atoms with van der Waals surface area (Å²) < 4.78 is 16.5. The average molecular weight is 242 g/mol. The summed E-state index contributed by atoms with van der Waals surface area (Å²) in [6.45, 7) is 11.7. The van der Waals surface area contributed by atoms with Gasteiger partial charge >= 0.3 is 13.1 Å². The van der Waals surface area contributed by atoms with Crippen LogP contribution in [0, 0.1) is 5.41 Å². The molecule has 0 unspecified atom stereocenters. The van der Waals surface area contributed by atoms with Gasteiger partial charge in [0.05, 0.1) is 23.7 Å². The fraction of sp³-hybridized carbons (Fsp3) is 0.917. The minimum absolute atomic E-state index is 0.243. The van der Waals surface area contributed by atoms with Gasteiger partial charge in [-0.15, -0.1) is 0 Å². The van der Waals surface area contributed by atoms with E-state index in [9.17, 15) is 4.79 Å². The molecule has 0 aromatic rings. The van der Waals surface area contributed by atoms with Gasteiger partial charge in [0, 0.05) is 0 Å². The van der Waals surface area contributed by atoms with E-state index in [1.165, 1.54) is 7.11 Å². The lowest BCUT2D eigenvalue weighted by atomic mass is 9.70. The van der Waals surface area contributed by atoms with E-state index < -0.39 is 5.41 Å². The Morgan fingerprint density at radius 1 is 1.18 bits per heavy atom. The summed E-state index contributed by atoms with van der Waals surface area (Å²) in [4.78, 5) is 11.6. The molecule has 0 N–H and O–H groups in total. The Kier molecular flexibility index (Phi) is 3.66. The zero-order chi connectivity index (χ0) is 13.5. The first-order valence-electron chi connectivity index (χ1n) is 5.96. The van der Waals surface area contributed by atoms with E-state index in [2.05, 4.69) is 0 Å². The van der Waals surface area contributed by atoms with Gasteiger partial charge in [0.1, 0.15) is 0 Å². The van der Waals surface area contributed by atoms with E-state index in [4.69, 9.17) is 14.0 Å². The predicted octanol–water partition coefficient (Wildman–Crippen LogP) is 2.28. The Labute approximate surface area is 104 Å². The van der Waals surface area contributed by atoms with E-state index in [1.54, 1.807) is 0 Å². The van der Waals surface area contributed by atoms with Gasteiger partial charge < -0.3 is 14.0 Å². The third kappa shape index (κ3) is 2.83. The van der Waals surface area contributed by atoms with Crippen LogP contribution in [-0.4, -0.2) is 31.4 Å². The first-order valence-corrected chi connectivity index (χ1v) is 5.96. The third-order valence-electron chi connectivity index (χ3n) is 3.72. The van der Waals surface area contributed by atoms with Gasteiger partial charge in [0.2, 0.25) is 0 Å². The summed E-state index contributed by atoms with van der Waals surface area (Å²) in [5.41, 5.74) is -1.32. The van der Waals surface area contributed by atoms with Crippen molar-refractivity contribution in [2.75, 3.05) is 7.11 Å². The van der Waals surface area contributed by atoms with Crippen molar-refractivity contribution in [1.82, 2.24) is 0 Å². The highest BCUT2D eigenvalue weighted by Crippen LogP contribution is 2.40. The fourth-order valence-electron chi connectivity index (χ4n) is 1.82. The molecule has 1 aliphatic heterocycles. The Balaban J connectivity index is 2.71. The molecule has 1 heterocycles. The standard InChI is InChI=1S/C12H23BO4/c1-10(2,9(14)15-7)8-13-16-11(3,4)12(5,6)17-13/h8H2,1-7H3. The van der Waals surface area contributed by atoms with Crippen molar-refractivity contribution in [3.8, 4) is 0 Å². The molecule has 0 atom stereocenters. The van der Waals surface area contributed by atoms with E-state index in [1.807, 2.05) is 41.5 Å². The molecule has 1 rings (SSSR count). The first-order chi connectivity index (χ1) is 7.52.